The SMILES string of the molecule is Cc1c(I)cccc1C1=NCC(C)N1. The summed E-state index contributed by atoms with van der Waals surface area (Å²) in [6, 6.07) is 6.80. The van der Waals surface area contributed by atoms with Crippen LogP contribution in [0.1, 0.15) is 18.1 Å². The largest absolute Gasteiger partial charge is 0.366 e. The van der Waals surface area contributed by atoms with E-state index < -0.39 is 0 Å². The Balaban J connectivity index is 2.38. The molecule has 1 N–H and O–H groups in total. The minimum absolute atomic E-state index is 0.474. The van der Waals surface area contributed by atoms with E-state index in [0.29, 0.717) is 6.04 Å². The van der Waals surface area contributed by atoms with Crippen LogP contribution < -0.4 is 5.32 Å². The Labute approximate surface area is 98.0 Å². The van der Waals surface area contributed by atoms with Gasteiger partial charge in [0.2, 0.25) is 0 Å². The molecule has 1 atom stereocenters. The van der Waals surface area contributed by atoms with E-state index in [1.54, 1.807) is 0 Å². The van der Waals surface area contributed by atoms with Gasteiger partial charge in [-0.05, 0) is 48.1 Å². The van der Waals surface area contributed by atoms with Crippen LogP contribution in [0.25, 0.3) is 0 Å². The van der Waals surface area contributed by atoms with Crippen molar-refractivity contribution in [2.75, 3.05) is 6.54 Å². The number of rotatable bonds is 1. The van der Waals surface area contributed by atoms with Crippen molar-refractivity contribution >= 4 is 28.4 Å². The number of benzene rings is 1. The third-order valence-electron chi connectivity index (χ3n) is 2.43. The topological polar surface area (TPSA) is 24.4 Å². The quantitative estimate of drug-likeness (QED) is 0.791. The van der Waals surface area contributed by atoms with Crippen molar-refractivity contribution in [1.29, 1.82) is 0 Å². The summed E-state index contributed by atoms with van der Waals surface area (Å²) in [7, 11) is 0. The van der Waals surface area contributed by atoms with Gasteiger partial charge in [0, 0.05) is 15.2 Å². The molecule has 14 heavy (non-hydrogen) atoms. The van der Waals surface area contributed by atoms with Crippen molar-refractivity contribution < 1.29 is 0 Å². The minimum Gasteiger partial charge on any atom is -0.366 e. The molecule has 2 nitrogen and oxygen atoms in total. The Morgan fingerprint density at radius 1 is 1.50 bits per heavy atom. The van der Waals surface area contributed by atoms with E-state index in [-0.39, 0.29) is 0 Å². The lowest BCUT2D eigenvalue weighted by Gasteiger charge is -2.09. The molecule has 1 aromatic rings. The van der Waals surface area contributed by atoms with Gasteiger partial charge in [-0.15, -0.1) is 0 Å². The third-order valence-corrected chi connectivity index (χ3v) is 3.60. The maximum absolute atomic E-state index is 4.49. The Hall–Kier alpha value is -0.580. The van der Waals surface area contributed by atoms with E-state index in [9.17, 15) is 0 Å². The van der Waals surface area contributed by atoms with Gasteiger partial charge in [-0.2, -0.15) is 0 Å². The first-order valence-electron chi connectivity index (χ1n) is 4.75. The minimum atomic E-state index is 0.474. The van der Waals surface area contributed by atoms with Crippen molar-refractivity contribution in [1.82, 2.24) is 5.32 Å². The Morgan fingerprint density at radius 3 is 2.93 bits per heavy atom. The van der Waals surface area contributed by atoms with Crippen LogP contribution in [-0.4, -0.2) is 18.4 Å². The van der Waals surface area contributed by atoms with Crippen LogP contribution in [0.2, 0.25) is 0 Å². The predicted octanol–water partition coefficient (Wildman–Crippen LogP) is 2.34. The summed E-state index contributed by atoms with van der Waals surface area (Å²) in [6.07, 6.45) is 0. The third kappa shape index (κ3) is 1.78. The van der Waals surface area contributed by atoms with Crippen LogP contribution in [0, 0.1) is 10.5 Å². The van der Waals surface area contributed by atoms with Crippen LogP contribution in [0.3, 0.4) is 0 Å². The number of hydrogen-bond donors (Lipinski definition) is 1. The van der Waals surface area contributed by atoms with Crippen LogP contribution in [0.15, 0.2) is 23.2 Å². The van der Waals surface area contributed by atoms with Crippen LogP contribution in [0.4, 0.5) is 0 Å². The molecule has 0 fully saturated rings. The Kier molecular flexibility index (Phi) is 2.76. The fourth-order valence-corrected chi connectivity index (χ4v) is 2.08. The average molecular weight is 300 g/mol. The highest BCUT2D eigenvalue weighted by Crippen LogP contribution is 2.17. The van der Waals surface area contributed by atoms with Gasteiger partial charge in [-0.25, -0.2) is 0 Å². The molecule has 1 aliphatic rings. The number of aliphatic imine (C=N–C) groups is 1. The molecule has 3 heteroatoms. The lowest BCUT2D eigenvalue weighted by atomic mass is 10.1. The number of amidine groups is 1. The molecule has 0 saturated heterocycles. The van der Waals surface area contributed by atoms with Gasteiger partial charge in [0.1, 0.15) is 5.84 Å². The first-order chi connectivity index (χ1) is 6.68. The smallest absolute Gasteiger partial charge is 0.128 e. The number of halogens is 1. The number of nitrogens with one attached hydrogen (secondary N) is 1. The highest BCUT2D eigenvalue weighted by Gasteiger charge is 2.16. The van der Waals surface area contributed by atoms with Crippen molar-refractivity contribution in [2.24, 2.45) is 4.99 Å². The molecule has 0 saturated carbocycles. The molecule has 1 unspecified atom stereocenters. The van der Waals surface area contributed by atoms with Gasteiger partial charge in [0.15, 0.2) is 0 Å². The van der Waals surface area contributed by atoms with Crippen molar-refractivity contribution in [2.45, 2.75) is 19.9 Å². The normalized spacial score (nSPS) is 20.5. The first kappa shape index (κ1) is 9.96. The lowest BCUT2D eigenvalue weighted by Crippen LogP contribution is -2.28. The van der Waals surface area contributed by atoms with Crippen LogP contribution in [0.5, 0.6) is 0 Å². The molecule has 0 bridgehead atoms. The summed E-state index contributed by atoms with van der Waals surface area (Å²) in [5.74, 6) is 1.05. The number of nitrogens with zero attached hydrogens (tertiary/aromatic N) is 1. The zero-order valence-electron chi connectivity index (χ0n) is 8.34. The van der Waals surface area contributed by atoms with E-state index in [2.05, 4.69) is 64.9 Å². The van der Waals surface area contributed by atoms with Gasteiger partial charge < -0.3 is 5.32 Å². The highest BCUT2D eigenvalue weighted by atomic mass is 127. The summed E-state index contributed by atoms with van der Waals surface area (Å²) < 4.78 is 1.30. The second kappa shape index (κ2) is 3.88. The zero-order chi connectivity index (χ0) is 10.1. The molecule has 1 heterocycles. The summed E-state index contributed by atoms with van der Waals surface area (Å²) in [4.78, 5) is 4.49. The van der Waals surface area contributed by atoms with E-state index >= 15 is 0 Å². The number of hydrogen-bond acceptors (Lipinski definition) is 2. The molecular weight excluding hydrogens is 287 g/mol. The molecule has 2 rings (SSSR count). The molecule has 0 amide bonds. The van der Waals surface area contributed by atoms with E-state index in [1.807, 2.05) is 0 Å². The van der Waals surface area contributed by atoms with Gasteiger partial charge in [-0.3, -0.25) is 4.99 Å². The van der Waals surface area contributed by atoms with Crippen LogP contribution >= 0.6 is 22.6 Å². The van der Waals surface area contributed by atoms with Gasteiger partial charge in [0.25, 0.3) is 0 Å². The molecule has 74 valence electrons. The lowest BCUT2D eigenvalue weighted by molar-refractivity contribution is 0.726. The highest BCUT2D eigenvalue weighted by molar-refractivity contribution is 14.1. The Bertz CT molecular complexity index is 385. The van der Waals surface area contributed by atoms with Gasteiger partial charge in [0.05, 0.1) is 6.54 Å². The van der Waals surface area contributed by atoms with Crippen molar-refractivity contribution in [3.8, 4) is 0 Å². The van der Waals surface area contributed by atoms with E-state index in [1.165, 1.54) is 14.7 Å². The average Bonchev–Trinajstić information content (AvgIpc) is 2.57. The van der Waals surface area contributed by atoms with Crippen LogP contribution in [-0.2, 0) is 0 Å². The second-order valence-corrected chi connectivity index (χ2v) is 4.81. The fourth-order valence-electron chi connectivity index (χ4n) is 1.58. The monoisotopic (exact) mass is 300 g/mol. The molecule has 0 spiro atoms. The molecular formula is C11H13IN2. The van der Waals surface area contributed by atoms with E-state index in [0.717, 1.165) is 12.4 Å². The maximum Gasteiger partial charge on any atom is 0.128 e. The molecule has 1 aliphatic heterocycles. The predicted molar refractivity (Wildman–Crippen MR) is 67.9 cm³/mol. The fraction of sp³-hybridized carbons (Fsp3) is 0.364. The maximum atomic E-state index is 4.49. The zero-order valence-corrected chi connectivity index (χ0v) is 10.5. The summed E-state index contributed by atoms with van der Waals surface area (Å²) in [6.45, 7) is 5.18. The Morgan fingerprint density at radius 2 is 2.29 bits per heavy atom. The molecule has 1 aromatic carbocycles. The molecule has 0 aliphatic carbocycles. The van der Waals surface area contributed by atoms with Crippen molar-refractivity contribution in [3.63, 3.8) is 0 Å². The summed E-state index contributed by atoms with van der Waals surface area (Å²) in [5, 5.41) is 3.38. The van der Waals surface area contributed by atoms with Crippen molar-refractivity contribution in [3.05, 3.63) is 32.9 Å². The molecule has 0 aromatic heterocycles. The molecule has 0 radical (unpaired) electrons. The summed E-state index contributed by atoms with van der Waals surface area (Å²) in [5.41, 5.74) is 2.55. The van der Waals surface area contributed by atoms with E-state index in [4.69, 9.17) is 0 Å². The van der Waals surface area contributed by atoms with Gasteiger partial charge in [-0.1, -0.05) is 12.1 Å². The van der Waals surface area contributed by atoms with Gasteiger partial charge >= 0.3 is 0 Å². The summed E-state index contributed by atoms with van der Waals surface area (Å²) >= 11 is 2.36. The standard InChI is InChI=1S/C11H13IN2/c1-7-6-13-11(14-7)9-4-3-5-10(12)8(9)2/h3-5,7H,6H2,1-2H3,(H,13,14). The first-order valence-corrected chi connectivity index (χ1v) is 5.83. The second-order valence-electron chi connectivity index (χ2n) is 3.65.